The third kappa shape index (κ3) is 2.70. The van der Waals surface area contributed by atoms with Crippen LogP contribution in [0.1, 0.15) is 48.9 Å². The van der Waals surface area contributed by atoms with Crippen LogP contribution in [0.4, 0.5) is 0 Å². The lowest BCUT2D eigenvalue weighted by atomic mass is 9.48. The highest BCUT2D eigenvalue weighted by Gasteiger charge is 2.55. The van der Waals surface area contributed by atoms with E-state index in [9.17, 15) is 4.79 Å². The van der Waals surface area contributed by atoms with Gasteiger partial charge in [0.05, 0.1) is 5.56 Å². The van der Waals surface area contributed by atoms with Gasteiger partial charge in [-0.2, -0.15) is 0 Å². The zero-order valence-electron chi connectivity index (χ0n) is 15.0. The van der Waals surface area contributed by atoms with Crippen LogP contribution in [-0.4, -0.2) is 17.4 Å². The van der Waals surface area contributed by atoms with E-state index in [1.165, 1.54) is 38.5 Å². The van der Waals surface area contributed by atoms with Crippen molar-refractivity contribution in [3.05, 3.63) is 48.0 Å². The summed E-state index contributed by atoms with van der Waals surface area (Å²) in [6.45, 7) is 0. The lowest BCUT2D eigenvalue weighted by Crippen LogP contribution is -2.53. The summed E-state index contributed by atoms with van der Waals surface area (Å²) in [4.78, 5) is 13.1. The Morgan fingerprint density at radius 3 is 2.27 bits per heavy atom. The molecule has 3 heteroatoms. The van der Waals surface area contributed by atoms with E-state index in [4.69, 9.17) is 4.74 Å². The number of alkyl halides is 1. The molecule has 0 amide bonds. The first-order valence-electron chi connectivity index (χ1n) is 9.91. The van der Waals surface area contributed by atoms with Crippen molar-refractivity contribution < 1.29 is 9.53 Å². The van der Waals surface area contributed by atoms with Crippen molar-refractivity contribution in [3.63, 3.8) is 0 Å². The molecular formula is C23H25BrO2. The first-order valence-corrected chi connectivity index (χ1v) is 11.0. The van der Waals surface area contributed by atoms with E-state index in [0.29, 0.717) is 5.56 Å². The number of benzene rings is 2. The molecule has 4 saturated carbocycles. The number of esters is 1. The highest BCUT2D eigenvalue weighted by atomic mass is 79.9. The molecule has 26 heavy (non-hydrogen) atoms. The fourth-order valence-electron chi connectivity index (χ4n) is 6.49. The fraction of sp³-hybridized carbons (Fsp3) is 0.522. The monoisotopic (exact) mass is 412 g/mol. The van der Waals surface area contributed by atoms with E-state index in [1.807, 2.05) is 42.5 Å². The molecule has 2 aromatic rings. The summed E-state index contributed by atoms with van der Waals surface area (Å²) in [5.41, 5.74) is 0.900. The Hall–Kier alpha value is -1.35. The van der Waals surface area contributed by atoms with Crippen LogP contribution >= 0.6 is 15.9 Å². The molecule has 0 aromatic heterocycles. The number of halogens is 1. The number of hydrogen-bond donors (Lipinski definition) is 0. The van der Waals surface area contributed by atoms with Crippen molar-refractivity contribution in [2.45, 2.75) is 44.6 Å². The number of rotatable bonds is 4. The number of ether oxygens (including phenoxy) is 1. The van der Waals surface area contributed by atoms with E-state index in [-0.39, 0.29) is 17.5 Å². The summed E-state index contributed by atoms with van der Waals surface area (Å²) >= 11 is 3.68. The summed E-state index contributed by atoms with van der Waals surface area (Å²) in [6, 6.07) is 14.0. The molecule has 2 aromatic carbocycles. The molecule has 0 saturated heterocycles. The minimum absolute atomic E-state index is 0.0117. The molecule has 4 fully saturated rings. The van der Waals surface area contributed by atoms with Crippen LogP contribution in [0, 0.1) is 23.2 Å². The molecule has 4 aliphatic carbocycles. The minimum Gasteiger partial charge on any atom is -0.457 e. The maximum absolute atomic E-state index is 13.1. The molecule has 6 rings (SSSR count). The van der Waals surface area contributed by atoms with Gasteiger partial charge in [-0.3, -0.25) is 0 Å². The zero-order valence-corrected chi connectivity index (χ0v) is 16.6. The van der Waals surface area contributed by atoms with Gasteiger partial charge in [0, 0.05) is 10.7 Å². The van der Waals surface area contributed by atoms with Crippen molar-refractivity contribution in [1.82, 2.24) is 0 Å². The largest absolute Gasteiger partial charge is 0.457 e. The summed E-state index contributed by atoms with van der Waals surface area (Å²) in [5, 5.41) is 2.82. The van der Waals surface area contributed by atoms with Gasteiger partial charge in [-0.05, 0) is 73.1 Å². The maximum Gasteiger partial charge on any atom is 0.339 e. The molecule has 0 spiro atoms. The van der Waals surface area contributed by atoms with Crippen LogP contribution in [-0.2, 0) is 4.74 Å². The molecule has 0 unspecified atom stereocenters. The second kappa shape index (κ2) is 6.37. The van der Waals surface area contributed by atoms with Gasteiger partial charge in [0.15, 0.2) is 0 Å². The lowest BCUT2D eigenvalue weighted by Gasteiger charge is -2.58. The Balaban J connectivity index is 1.43. The van der Waals surface area contributed by atoms with E-state index in [0.717, 1.165) is 33.9 Å². The third-order valence-electron chi connectivity index (χ3n) is 7.17. The van der Waals surface area contributed by atoms with Crippen LogP contribution in [0.3, 0.4) is 0 Å². The van der Waals surface area contributed by atoms with Gasteiger partial charge in [0.2, 0.25) is 0 Å². The van der Waals surface area contributed by atoms with Crippen molar-refractivity contribution >= 4 is 32.7 Å². The number of fused-ring (bicyclic) bond motifs is 1. The predicted molar refractivity (Wildman–Crippen MR) is 108 cm³/mol. The van der Waals surface area contributed by atoms with Crippen molar-refractivity contribution in [1.29, 1.82) is 0 Å². The topological polar surface area (TPSA) is 26.3 Å². The van der Waals surface area contributed by atoms with Crippen LogP contribution in [0.15, 0.2) is 42.5 Å². The van der Waals surface area contributed by atoms with Gasteiger partial charge in [0.1, 0.15) is 6.10 Å². The van der Waals surface area contributed by atoms with Crippen LogP contribution in [0.2, 0.25) is 0 Å². The first-order chi connectivity index (χ1) is 12.7. The van der Waals surface area contributed by atoms with Gasteiger partial charge in [-0.1, -0.05) is 52.3 Å². The Labute approximate surface area is 163 Å². The maximum atomic E-state index is 13.1. The predicted octanol–water partition coefficient (Wildman–Crippen LogP) is 5.98. The van der Waals surface area contributed by atoms with Crippen molar-refractivity contribution in [2.24, 2.45) is 23.2 Å². The average Bonchev–Trinajstić information content (AvgIpc) is 2.64. The molecular weight excluding hydrogens is 388 g/mol. The van der Waals surface area contributed by atoms with E-state index in [1.54, 1.807) is 0 Å². The highest BCUT2D eigenvalue weighted by Crippen LogP contribution is 2.62. The molecule has 0 radical (unpaired) electrons. The van der Waals surface area contributed by atoms with Crippen molar-refractivity contribution in [3.8, 4) is 0 Å². The molecule has 0 N–H and O–H groups in total. The lowest BCUT2D eigenvalue weighted by molar-refractivity contribution is -0.116. The van der Waals surface area contributed by atoms with E-state index >= 15 is 0 Å². The Bertz CT molecular complexity index is 802. The van der Waals surface area contributed by atoms with E-state index in [2.05, 4.69) is 15.9 Å². The van der Waals surface area contributed by atoms with Gasteiger partial charge >= 0.3 is 5.97 Å². The number of carbonyl (C=O) groups is 1. The first kappa shape index (κ1) is 16.8. The number of carbonyl (C=O) groups excluding carboxylic acids is 1. The van der Waals surface area contributed by atoms with Gasteiger partial charge < -0.3 is 4.74 Å². The molecule has 4 bridgehead atoms. The van der Waals surface area contributed by atoms with Crippen LogP contribution < -0.4 is 0 Å². The Kier molecular flexibility index (Phi) is 4.11. The van der Waals surface area contributed by atoms with Gasteiger partial charge in [-0.25, -0.2) is 4.79 Å². The van der Waals surface area contributed by atoms with Crippen molar-refractivity contribution in [2.75, 3.05) is 5.33 Å². The fourth-order valence-corrected chi connectivity index (χ4v) is 7.31. The average molecular weight is 413 g/mol. The van der Waals surface area contributed by atoms with Gasteiger partial charge in [-0.15, -0.1) is 0 Å². The molecule has 2 nitrogen and oxygen atoms in total. The summed E-state index contributed by atoms with van der Waals surface area (Å²) < 4.78 is 6.19. The summed E-state index contributed by atoms with van der Waals surface area (Å²) in [7, 11) is 0. The second-order valence-electron chi connectivity index (χ2n) is 8.85. The van der Waals surface area contributed by atoms with E-state index < -0.39 is 0 Å². The summed E-state index contributed by atoms with van der Waals surface area (Å²) in [5.74, 6) is 2.42. The van der Waals surface area contributed by atoms with Crippen LogP contribution in [0.25, 0.3) is 10.8 Å². The molecule has 0 aliphatic heterocycles. The molecule has 136 valence electrons. The standard InChI is InChI=1S/C23H25BrO2/c24-14-21(23-11-15-8-16(12-23)10-17(9-15)13-23)26-22(25)20-7-3-5-18-4-1-2-6-19(18)20/h1-7,15-17,21H,8-14H2/t15?,16?,17?,21-,23?/m1/s1. The smallest absolute Gasteiger partial charge is 0.339 e. The minimum atomic E-state index is -0.165. The summed E-state index contributed by atoms with van der Waals surface area (Å²) in [6.07, 6.45) is 7.96. The molecule has 4 aliphatic rings. The SMILES string of the molecule is O=C(O[C@H](CBr)C12CC3CC(CC(C3)C1)C2)c1cccc2ccccc12. The van der Waals surface area contributed by atoms with Crippen LogP contribution in [0.5, 0.6) is 0 Å². The highest BCUT2D eigenvalue weighted by molar-refractivity contribution is 9.09. The normalized spacial score (nSPS) is 33.3. The Morgan fingerprint density at radius 1 is 1.00 bits per heavy atom. The van der Waals surface area contributed by atoms with Gasteiger partial charge in [0.25, 0.3) is 0 Å². The number of hydrogen-bond acceptors (Lipinski definition) is 2. The molecule has 1 atom stereocenters. The Morgan fingerprint density at radius 2 is 1.62 bits per heavy atom. The molecule has 0 heterocycles. The second-order valence-corrected chi connectivity index (χ2v) is 9.50. The quantitative estimate of drug-likeness (QED) is 0.456. The third-order valence-corrected chi connectivity index (χ3v) is 7.76. The zero-order chi connectivity index (χ0) is 17.7.